The van der Waals surface area contributed by atoms with E-state index in [9.17, 15) is 0 Å². The van der Waals surface area contributed by atoms with Crippen LogP contribution in [0.3, 0.4) is 0 Å². The third-order valence-corrected chi connectivity index (χ3v) is 3.85. The molecule has 0 amide bonds. The van der Waals surface area contributed by atoms with Gasteiger partial charge in [-0.2, -0.15) is 10.2 Å². The van der Waals surface area contributed by atoms with Crippen molar-refractivity contribution in [2.75, 3.05) is 55.0 Å². The number of hydrogen-bond donors (Lipinski definition) is 0. The van der Waals surface area contributed by atoms with Gasteiger partial charge < -0.3 is 14.7 Å². The van der Waals surface area contributed by atoms with Crippen LogP contribution in [0.15, 0.2) is 30.6 Å². The molecule has 0 N–H and O–H groups in total. The summed E-state index contributed by atoms with van der Waals surface area (Å²) in [5.41, 5.74) is 0.585. The van der Waals surface area contributed by atoms with Crippen LogP contribution in [0.1, 0.15) is 5.56 Å². The van der Waals surface area contributed by atoms with Gasteiger partial charge in [0.15, 0.2) is 0 Å². The zero-order chi connectivity index (χ0) is 16.2. The Morgan fingerprint density at radius 2 is 1.78 bits per heavy atom. The van der Waals surface area contributed by atoms with E-state index in [1.807, 2.05) is 31.1 Å². The molecule has 3 rings (SSSR count). The Morgan fingerprint density at radius 3 is 2.39 bits per heavy atom. The second kappa shape index (κ2) is 6.48. The van der Waals surface area contributed by atoms with E-state index in [1.165, 1.54) is 0 Å². The number of rotatable bonds is 3. The minimum atomic E-state index is 0.585. The van der Waals surface area contributed by atoms with Crippen molar-refractivity contribution in [3.8, 4) is 6.07 Å². The molecule has 2 aromatic heterocycles. The average Bonchev–Trinajstić information content (AvgIpc) is 2.62. The molecule has 0 bridgehead atoms. The molecule has 118 valence electrons. The minimum Gasteiger partial charge on any atom is -0.363 e. The van der Waals surface area contributed by atoms with Gasteiger partial charge in [-0.3, -0.25) is 0 Å². The molecule has 0 aromatic carbocycles. The maximum absolute atomic E-state index is 8.83. The first-order valence-corrected chi connectivity index (χ1v) is 7.54. The summed E-state index contributed by atoms with van der Waals surface area (Å²) in [6.07, 6.45) is 3.41. The fourth-order valence-electron chi connectivity index (χ4n) is 2.52. The SMILES string of the molecule is CN(C)c1ccnc(N2CCN(c3ccc(C#N)cn3)CC2)n1. The highest BCUT2D eigenvalue weighted by Gasteiger charge is 2.20. The lowest BCUT2D eigenvalue weighted by Crippen LogP contribution is -2.47. The van der Waals surface area contributed by atoms with Crippen molar-refractivity contribution in [2.45, 2.75) is 0 Å². The highest BCUT2D eigenvalue weighted by Crippen LogP contribution is 2.18. The van der Waals surface area contributed by atoms with E-state index in [0.29, 0.717) is 5.56 Å². The number of nitrogens with zero attached hydrogens (tertiary/aromatic N) is 7. The summed E-state index contributed by atoms with van der Waals surface area (Å²) in [6.45, 7) is 3.40. The van der Waals surface area contributed by atoms with E-state index >= 15 is 0 Å². The predicted molar refractivity (Wildman–Crippen MR) is 89.7 cm³/mol. The van der Waals surface area contributed by atoms with E-state index in [4.69, 9.17) is 5.26 Å². The lowest BCUT2D eigenvalue weighted by molar-refractivity contribution is 0.634. The molecule has 23 heavy (non-hydrogen) atoms. The van der Waals surface area contributed by atoms with Crippen LogP contribution in [0.25, 0.3) is 0 Å². The van der Waals surface area contributed by atoms with Gasteiger partial charge in [0.2, 0.25) is 5.95 Å². The molecule has 0 spiro atoms. The zero-order valence-electron chi connectivity index (χ0n) is 13.3. The molecule has 3 heterocycles. The van der Waals surface area contributed by atoms with Crippen LogP contribution < -0.4 is 14.7 Å². The molecule has 0 atom stereocenters. The van der Waals surface area contributed by atoms with Crippen molar-refractivity contribution in [1.29, 1.82) is 5.26 Å². The van der Waals surface area contributed by atoms with Crippen molar-refractivity contribution in [1.82, 2.24) is 15.0 Å². The number of anilines is 3. The molecule has 0 unspecified atom stereocenters. The van der Waals surface area contributed by atoms with Crippen LogP contribution in [0.5, 0.6) is 0 Å². The zero-order valence-corrected chi connectivity index (χ0v) is 13.3. The van der Waals surface area contributed by atoms with E-state index in [0.717, 1.165) is 43.8 Å². The van der Waals surface area contributed by atoms with Crippen LogP contribution in [0.4, 0.5) is 17.6 Å². The van der Waals surface area contributed by atoms with Gasteiger partial charge in [0.25, 0.3) is 0 Å². The van der Waals surface area contributed by atoms with Gasteiger partial charge in [-0.15, -0.1) is 0 Å². The number of piperazine rings is 1. The summed E-state index contributed by atoms with van der Waals surface area (Å²) in [6, 6.07) is 7.70. The Kier molecular flexibility index (Phi) is 4.24. The number of hydrogen-bond acceptors (Lipinski definition) is 7. The maximum Gasteiger partial charge on any atom is 0.227 e. The summed E-state index contributed by atoms with van der Waals surface area (Å²) in [7, 11) is 3.95. The van der Waals surface area contributed by atoms with Crippen molar-refractivity contribution >= 4 is 17.6 Å². The topological polar surface area (TPSA) is 72.2 Å². The Labute approximate surface area is 135 Å². The van der Waals surface area contributed by atoms with Crippen molar-refractivity contribution in [2.24, 2.45) is 0 Å². The first kappa shape index (κ1) is 15.0. The van der Waals surface area contributed by atoms with Crippen LogP contribution in [-0.4, -0.2) is 55.2 Å². The summed E-state index contributed by atoms with van der Waals surface area (Å²) >= 11 is 0. The summed E-state index contributed by atoms with van der Waals surface area (Å²) in [5.74, 6) is 2.58. The van der Waals surface area contributed by atoms with Gasteiger partial charge in [0.1, 0.15) is 17.7 Å². The monoisotopic (exact) mass is 309 g/mol. The Balaban J connectivity index is 1.66. The largest absolute Gasteiger partial charge is 0.363 e. The normalized spacial score (nSPS) is 14.5. The van der Waals surface area contributed by atoms with Gasteiger partial charge in [-0.05, 0) is 18.2 Å². The van der Waals surface area contributed by atoms with Crippen molar-refractivity contribution in [3.05, 3.63) is 36.2 Å². The number of nitriles is 1. The molecule has 7 nitrogen and oxygen atoms in total. The fraction of sp³-hybridized carbons (Fsp3) is 0.375. The first-order valence-electron chi connectivity index (χ1n) is 7.54. The molecule has 7 heteroatoms. The fourth-order valence-corrected chi connectivity index (χ4v) is 2.52. The Hall–Kier alpha value is -2.88. The molecule has 1 saturated heterocycles. The highest BCUT2D eigenvalue weighted by molar-refractivity contribution is 5.46. The summed E-state index contributed by atoms with van der Waals surface area (Å²) in [4.78, 5) is 19.7. The van der Waals surface area contributed by atoms with Crippen molar-refractivity contribution in [3.63, 3.8) is 0 Å². The molecule has 0 aliphatic carbocycles. The van der Waals surface area contributed by atoms with E-state index in [2.05, 4.69) is 30.8 Å². The van der Waals surface area contributed by atoms with Gasteiger partial charge in [0, 0.05) is 52.7 Å². The standard InChI is InChI=1S/C16H19N7/c1-21(2)15-5-6-18-16(20-15)23-9-7-22(8-10-23)14-4-3-13(11-17)12-19-14/h3-6,12H,7-10H2,1-2H3. The smallest absolute Gasteiger partial charge is 0.227 e. The maximum atomic E-state index is 8.83. The molecular weight excluding hydrogens is 290 g/mol. The molecule has 1 fully saturated rings. The molecule has 0 radical (unpaired) electrons. The minimum absolute atomic E-state index is 0.585. The number of aromatic nitrogens is 3. The Morgan fingerprint density at radius 1 is 1.04 bits per heavy atom. The Bertz CT molecular complexity index is 697. The van der Waals surface area contributed by atoms with Crippen LogP contribution in [0, 0.1) is 11.3 Å². The molecule has 2 aromatic rings. The lowest BCUT2D eigenvalue weighted by atomic mass is 10.2. The quantitative estimate of drug-likeness (QED) is 0.841. The molecule has 1 aliphatic rings. The molecule has 0 saturated carbocycles. The van der Waals surface area contributed by atoms with Crippen LogP contribution >= 0.6 is 0 Å². The highest BCUT2D eigenvalue weighted by atomic mass is 15.3. The third-order valence-electron chi connectivity index (χ3n) is 3.85. The van der Waals surface area contributed by atoms with Gasteiger partial charge in [-0.1, -0.05) is 0 Å². The van der Waals surface area contributed by atoms with Gasteiger partial charge in [0.05, 0.1) is 5.56 Å². The first-order chi connectivity index (χ1) is 11.2. The summed E-state index contributed by atoms with van der Waals surface area (Å²) < 4.78 is 0. The average molecular weight is 309 g/mol. The molecular formula is C16H19N7. The summed E-state index contributed by atoms with van der Waals surface area (Å²) in [5, 5.41) is 8.83. The molecule has 1 aliphatic heterocycles. The van der Waals surface area contributed by atoms with Crippen molar-refractivity contribution < 1.29 is 0 Å². The van der Waals surface area contributed by atoms with E-state index in [1.54, 1.807) is 18.5 Å². The van der Waals surface area contributed by atoms with Crippen LogP contribution in [-0.2, 0) is 0 Å². The second-order valence-corrected chi connectivity index (χ2v) is 5.60. The third kappa shape index (κ3) is 3.31. The second-order valence-electron chi connectivity index (χ2n) is 5.60. The predicted octanol–water partition coefficient (Wildman–Crippen LogP) is 1.14. The number of pyridine rings is 1. The van der Waals surface area contributed by atoms with Gasteiger partial charge in [-0.25, -0.2) is 9.97 Å². The van der Waals surface area contributed by atoms with Crippen LogP contribution in [0.2, 0.25) is 0 Å². The lowest BCUT2D eigenvalue weighted by Gasteiger charge is -2.35. The van der Waals surface area contributed by atoms with E-state index < -0.39 is 0 Å². The van der Waals surface area contributed by atoms with Gasteiger partial charge >= 0.3 is 0 Å². The van der Waals surface area contributed by atoms with E-state index in [-0.39, 0.29) is 0 Å².